The van der Waals surface area contributed by atoms with Crippen molar-refractivity contribution in [3.63, 3.8) is 0 Å². The van der Waals surface area contributed by atoms with E-state index in [0.29, 0.717) is 6.10 Å². The second-order valence-corrected chi connectivity index (χ2v) is 5.68. The van der Waals surface area contributed by atoms with Crippen molar-refractivity contribution in [2.75, 3.05) is 26.2 Å². The summed E-state index contributed by atoms with van der Waals surface area (Å²) in [6.45, 7) is 7.10. The zero-order valence-electron chi connectivity index (χ0n) is 10.4. The highest BCUT2D eigenvalue weighted by molar-refractivity contribution is 5.00. The van der Waals surface area contributed by atoms with Crippen LogP contribution in [-0.4, -0.2) is 42.9 Å². The predicted octanol–water partition coefficient (Wildman–Crippen LogP) is 1.59. The Morgan fingerprint density at radius 2 is 2.12 bits per heavy atom. The van der Waals surface area contributed by atoms with Crippen molar-refractivity contribution in [3.8, 4) is 0 Å². The summed E-state index contributed by atoms with van der Waals surface area (Å²) in [7, 11) is 0. The van der Waals surface area contributed by atoms with Crippen LogP contribution in [0.4, 0.5) is 0 Å². The van der Waals surface area contributed by atoms with Gasteiger partial charge in [0.05, 0.1) is 6.10 Å². The summed E-state index contributed by atoms with van der Waals surface area (Å²) in [5.74, 6) is 0.761. The first-order chi connectivity index (χ1) is 7.82. The lowest BCUT2D eigenvalue weighted by Crippen LogP contribution is -2.70. The molecule has 4 aliphatic rings. The highest BCUT2D eigenvalue weighted by atomic mass is 16.5. The number of hydrogen-bond acceptors (Lipinski definition) is 3. The lowest BCUT2D eigenvalue weighted by molar-refractivity contribution is -0.218. The summed E-state index contributed by atoms with van der Waals surface area (Å²) in [5.41, 5.74) is 0.0224. The normalized spacial score (nSPS) is 47.4. The van der Waals surface area contributed by atoms with Crippen molar-refractivity contribution in [1.29, 1.82) is 0 Å². The Hall–Kier alpha value is -0.120. The van der Waals surface area contributed by atoms with Crippen molar-refractivity contribution >= 4 is 0 Å². The van der Waals surface area contributed by atoms with E-state index in [1.807, 2.05) is 0 Å². The topological polar surface area (TPSA) is 24.5 Å². The van der Waals surface area contributed by atoms with Crippen LogP contribution in [0.3, 0.4) is 0 Å². The molecule has 0 amide bonds. The van der Waals surface area contributed by atoms with Crippen molar-refractivity contribution in [3.05, 3.63) is 0 Å². The Bertz CT molecular complexity index is 248. The van der Waals surface area contributed by atoms with Crippen LogP contribution < -0.4 is 5.32 Å². The van der Waals surface area contributed by atoms with Crippen molar-refractivity contribution in [2.24, 2.45) is 5.92 Å². The third-order valence-electron chi connectivity index (χ3n) is 4.58. The van der Waals surface area contributed by atoms with Crippen LogP contribution >= 0.6 is 0 Å². The van der Waals surface area contributed by atoms with Crippen molar-refractivity contribution < 1.29 is 4.74 Å². The van der Waals surface area contributed by atoms with Crippen LogP contribution in [-0.2, 0) is 4.74 Å². The van der Waals surface area contributed by atoms with Gasteiger partial charge in [-0.15, -0.1) is 0 Å². The van der Waals surface area contributed by atoms with Gasteiger partial charge in [-0.05, 0) is 38.8 Å². The van der Waals surface area contributed by atoms with Crippen LogP contribution in [0.25, 0.3) is 0 Å². The molecule has 2 atom stereocenters. The highest BCUT2D eigenvalue weighted by Crippen LogP contribution is 2.39. The minimum atomic E-state index is 0.0224. The minimum Gasteiger partial charge on any atom is -0.356 e. The van der Waals surface area contributed by atoms with E-state index >= 15 is 0 Å². The second kappa shape index (κ2) is 4.28. The zero-order chi connectivity index (χ0) is 11.0. The standard InChI is InChI=1S/C13H24N2O/c1-2-3-12-4-7-14-13(16-12)10-15-8-5-11(13)6-9-15/h11-12,14H,2-10H2,1H3. The molecule has 16 heavy (non-hydrogen) atoms. The monoisotopic (exact) mass is 224 g/mol. The average Bonchev–Trinajstić information content (AvgIpc) is 2.31. The zero-order valence-corrected chi connectivity index (χ0v) is 10.4. The van der Waals surface area contributed by atoms with E-state index in [4.69, 9.17) is 4.74 Å². The van der Waals surface area contributed by atoms with E-state index in [2.05, 4.69) is 17.1 Å². The Balaban J connectivity index is 1.72. The van der Waals surface area contributed by atoms with Crippen molar-refractivity contribution in [2.45, 2.75) is 50.9 Å². The molecule has 4 rings (SSSR count). The minimum absolute atomic E-state index is 0.0224. The maximum atomic E-state index is 6.44. The second-order valence-electron chi connectivity index (χ2n) is 5.68. The Labute approximate surface area is 98.5 Å². The number of fused-ring (bicyclic) bond motifs is 2. The molecule has 3 nitrogen and oxygen atoms in total. The molecule has 0 aromatic carbocycles. The molecule has 1 spiro atoms. The largest absolute Gasteiger partial charge is 0.356 e. The summed E-state index contributed by atoms with van der Waals surface area (Å²) < 4.78 is 6.44. The van der Waals surface area contributed by atoms with Gasteiger partial charge < -0.3 is 4.74 Å². The maximum absolute atomic E-state index is 6.44. The third kappa shape index (κ3) is 1.79. The predicted molar refractivity (Wildman–Crippen MR) is 64.3 cm³/mol. The first-order valence-corrected chi connectivity index (χ1v) is 6.97. The van der Waals surface area contributed by atoms with Gasteiger partial charge in [-0.2, -0.15) is 0 Å². The maximum Gasteiger partial charge on any atom is 0.135 e. The van der Waals surface area contributed by atoms with Crippen LogP contribution in [0, 0.1) is 5.92 Å². The Kier molecular flexibility index (Phi) is 2.94. The number of rotatable bonds is 2. The highest BCUT2D eigenvalue weighted by Gasteiger charge is 2.49. The molecule has 3 heteroatoms. The van der Waals surface area contributed by atoms with E-state index in [9.17, 15) is 0 Å². The molecule has 4 saturated heterocycles. The van der Waals surface area contributed by atoms with Gasteiger partial charge >= 0.3 is 0 Å². The number of nitrogens with zero attached hydrogens (tertiary/aromatic N) is 1. The van der Waals surface area contributed by atoms with Gasteiger partial charge in [0.25, 0.3) is 0 Å². The molecule has 4 heterocycles. The fourth-order valence-corrected chi connectivity index (χ4v) is 3.72. The fourth-order valence-electron chi connectivity index (χ4n) is 3.72. The van der Waals surface area contributed by atoms with Gasteiger partial charge in [0, 0.05) is 19.0 Å². The summed E-state index contributed by atoms with van der Waals surface area (Å²) in [5, 5.41) is 3.69. The molecule has 1 N–H and O–H groups in total. The van der Waals surface area contributed by atoms with Gasteiger partial charge in [-0.1, -0.05) is 13.3 Å². The van der Waals surface area contributed by atoms with Crippen LogP contribution in [0.1, 0.15) is 39.0 Å². The van der Waals surface area contributed by atoms with Crippen LogP contribution in [0.15, 0.2) is 0 Å². The van der Waals surface area contributed by atoms with Gasteiger partial charge in [0.1, 0.15) is 5.72 Å². The fraction of sp³-hybridized carbons (Fsp3) is 1.00. The molecular weight excluding hydrogens is 200 g/mol. The molecule has 0 aliphatic carbocycles. The van der Waals surface area contributed by atoms with E-state index in [1.165, 1.54) is 45.2 Å². The molecule has 0 saturated carbocycles. The molecule has 4 fully saturated rings. The number of hydrogen-bond donors (Lipinski definition) is 1. The molecule has 0 aromatic heterocycles. The molecular formula is C13H24N2O. The number of piperidine rings is 3. The first kappa shape index (κ1) is 11.0. The van der Waals surface area contributed by atoms with Crippen molar-refractivity contribution in [1.82, 2.24) is 10.2 Å². The van der Waals surface area contributed by atoms with Gasteiger partial charge in [-0.3, -0.25) is 10.2 Å². The van der Waals surface area contributed by atoms with Gasteiger partial charge in [0.2, 0.25) is 0 Å². The van der Waals surface area contributed by atoms with E-state index in [1.54, 1.807) is 0 Å². The SMILES string of the molecule is CCCC1CCNC2(CN3CCC2CC3)O1. The quantitative estimate of drug-likeness (QED) is 0.771. The van der Waals surface area contributed by atoms with E-state index in [0.717, 1.165) is 19.0 Å². The molecule has 92 valence electrons. The average molecular weight is 224 g/mol. The molecule has 4 aliphatic heterocycles. The summed E-state index contributed by atoms with van der Waals surface area (Å²) >= 11 is 0. The molecule has 0 radical (unpaired) electrons. The van der Waals surface area contributed by atoms with E-state index in [-0.39, 0.29) is 5.72 Å². The smallest absolute Gasteiger partial charge is 0.135 e. The van der Waals surface area contributed by atoms with Gasteiger partial charge in [-0.25, -0.2) is 0 Å². The molecule has 2 unspecified atom stereocenters. The first-order valence-electron chi connectivity index (χ1n) is 6.97. The number of ether oxygens (including phenoxy) is 1. The third-order valence-corrected chi connectivity index (χ3v) is 4.58. The van der Waals surface area contributed by atoms with Crippen LogP contribution in [0.2, 0.25) is 0 Å². The summed E-state index contributed by atoms with van der Waals surface area (Å²) in [6, 6.07) is 0. The number of nitrogens with one attached hydrogen (secondary N) is 1. The van der Waals surface area contributed by atoms with Crippen LogP contribution in [0.5, 0.6) is 0 Å². The lowest BCUT2D eigenvalue weighted by atomic mass is 9.79. The molecule has 2 bridgehead atoms. The summed E-state index contributed by atoms with van der Waals surface area (Å²) in [4.78, 5) is 2.57. The Morgan fingerprint density at radius 3 is 2.75 bits per heavy atom. The van der Waals surface area contributed by atoms with E-state index < -0.39 is 0 Å². The summed E-state index contributed by atoms with van der Waals surface area (Å²) in [6.07, 6.45) is 6.83. The lowest BCUT2D eigenvalue weighted by Gasteiger charge is -2.56. The molecule has 0 aromatic rings. The van der Waals surface area contributed by atoms with Gasteiger partial charge in [0.15, 0.2) is 0 Å². The Morgan fingerprint density at radius 1 is 1.31 bits per heavy atom.